The molecule has 2 fully saturated rings. The van der Waals surface area contributed by atoms with E-state index < -0.39 is 0 Å². The molecular weight excluding hydrogens is 320 g/mol. The molecule has 4 heteroatoms. The van der Waals surface area contributed by atoms with Crippen LogP contribution in [-0.4, -0.2) is 37.2 Å². The number of methoxy groups -OCH3 is 1. The predicted octanol–water partition coefficient (Wildman–Crippen LogP) is 3.99. The van der Waals surface area contributed by atoms with Crippen molar-refractivity contribution < 1.29 is 4.74 Å². The summed E-state index contributed by atoms with van der Waals surface area (Å²) in [5, 5.41) is 6.27. The molecule has 0 spiro atoms. The Morgan fingerprint density at radius 1 is 1.04 bits per heavy atom. The van der Waals surface area contributed by atoms with Gasteiger partial charge in [0.25, 0.3) is 0 Å². The number of hydrogen-bond acceptors (Lipinski definition) is 3. The molecule has 0 aliphatic carbocycles. The van der Waals surface area contributed by atoms with E-state index in [1.54, 1.807) is 7.11 Å². The first-order valence-electron chi connectivity index (χ1n) is 8.75. The first kappa shape index (κ1) is 17.5. The summed E-state index contributed by atoms with van der Waals surface area (Å²) in [4.78, 5) is 2.56. The molecule has 0 aromatic heterocycles. The molecule has 4 rings (SSSR count). The van der Waals surface area contributed by atoms with Crippen molar-refractivity contribution in [1.29, 1.82) is 0 Å². The number of halogens is 1. The van der Waals surface area contributed by atoms with Crippen LogP contribution in [0.5, 0.6) is 5.75 Å². The van der Waals surface area contributed by atoms with E-state index in [0.29, 0.717) is 6.04 Å². The first-order chi connectivity index (χ1) is 11.2. The normalized spacial score (nSPS) is 25.7. The van der Waals surface area contributed by atoms with Gasteiger partial charge in [0.15, 0.2) is 0 Å². The van der Waals surface area contributed by atoms with Crippen LogP contribution in [0.3, 0.4) is 0 Å². The van der Waals surface area contributed by atoms with Crippen molar-refractivity contribution in [2.75, 3.05) is 14.2 Å². The monoisotopic (exact) mass is 346 g/mol. The van der Waals surface area contributed by atoms with Gasteiger partial charge in [-0.1, -0.05) is 30.3 Å². The van der Waals surface area contributed by atoms with Crippen LogP contribution in [0.4, 0.5) is 0 Å². The predicted molar refractivity (Wildman–Crippen MR) is 102 cm³/mol. The molecular formula is C20H27ClN2O. The maximum absolute atomic E-state index is 5.52. The molecule has 24 heavy (non-hydrogen) atoms. The number of benzene rings is 2. The van der Waals surface area contributed by atoms with E-state index in [1.165, 1.54) is 42.0 Å². The van der Waals surface area contributed by atoms with Crippen LogP contribution in [0.1, 0.15) is 31.2 Å². The van der Waals surface area contributed by atoms with Crippen LogP contribution >= 0.6 is 12.4 Å². The Balaban J connectivity index is 0.00000169. The summed E-state index contributed by atoms with van der Waals surface area (Å²) in [6, 6.07) is 15.1. The second-order valence-corrected chi connectivity index (χ2v) is 7.15. The lowest BCUT2D eigenvalue weighted by atomic mass is 9.97. The maximum atomic E-state index is 5.52. The van der Waals surface area contributed by atoms with Gasteiger partial charge in [0.1, 0.15) is 5.75 Å². The van der Waals surface area contributed by atoms with E-state index in [2.05, 4.69) is 53.7 Å². The van der Waals surface area contributed by atoms with Crippen molar-refractivity contribution in [3.8, 4) is 5.75 Å². The highest BCUT2D eigenvalue weighted by Gasteiger charge is 2.35. The topological polar surface area (TPSA) is 24.5 Å². The minimum absolute atomic E-state index is 0. The van der Waals surface area contributed by atoms with Crippen LogP contribution < -0.4 is 10.1 Å². The molecule has 0 radical (unpaired) electrons. The lowest BCUT2D eigenvalue weighted by Crippen LogP contribution is -2.46. The SMILES string of the molecule is COc1ccc(CN(C)C2CC3CCC(C2)N3)c2ccccc12.Cl. The third kappa shape index (κ3) is 3.26. The zero-order chi connectivity index (χ0) is 15.8. The van der Waals surface area contributed by atoms with Gasteiger partial charge in [-0.05, 0) is 49.7 Å². The Labute approximate surface area is 150 Å². The summed E-state index contributed by atoms with van der Waals surface area (Å²) < 4.78 is 5.52. The third-order valence-electron chi connectivity index (χ3n) is 5.69. The van der Waals surface area contributed by atoms with Gasteiger partial charge in [0.05, 0.1) is 7.11 Å². The molecule has 2 saturated heterocycles. The lowest BCUT2D eigenvalue weighted by Gasteiger charge is -2.35. The fourth-order valence-corrected chi connectivity index (χ4v) is 4.43. The lowest BCUT2D eigenvalue weighted by molar-refractivity contribution is 0.166. The van der Waals surface area contributed by atoms with Crippen molar-refractivity contribution in [3.05, 3.63) is 42.0 Å². The standard InChI is InChI=1S/C20H26N2O.ClH/c1-22(17-11-15-8-9-16(12-17)21-15)13-14-7-10-20(23-2)19-6-4-3-5-18(14)19;/h3-7,10,15-17,21H,8-9,11-13H2,1-2H3;1H. The number of nitrogens with zero attached hydrogens (tertiary/aromatic N) is 1. The van der Waals surface area contributed by atoms with Crippen LogP contribution in [-0.2, 0) is 6.54 Å². The zero-order valence-electron chi connectivity index (χ0n) is 14.5. The van der Waals surface area contributed by atoms with Crippen molar-refractivity contribution in [2.24, 2.45) is 0 Å². The highest BCUT2D eigenvalue weighted by atomic mass is 35.5. The van der Waals surface area contributed by atoms with Gasteiger partial charge in [-0.25, -0.2) is 0 Å². The molecule has 2 heterocycles. The second kappa shape index (κ2) is 7.30. The number of fused-ring (bicyclic) bond motifs is 3. The van der Waals surface area contributed by atoms with E-state index >= 15 is 0 Å². The average Bonchev–Trinajstić information content (AvgIpc) is 2.93. The Hall–Kier alpha value is -1.29. The van der Waals surface area contributed by atoms with Crippen molar-refractivity contribution >= 4 is 23.2 Å². The Bertz CT molecular complexity index is 693. The zero-order valence-corrected chi connectivity index (χ0v) is 15.3. The van der Waals surface area contributed by atoms with Crippen molar-refractivity contribution in [2.45, 2.75) is 50.4 Å². The van der Waals surface area contributed by atoms with Gasteiger partial charge in [-0.2, -0.15) is 0 Å². The molecule has 2 unspecified atom stereocenters. The number of piperidine rings is 1. The van der Waals surface area contributed by atoms with Crippen LogP contribution in [0.2, 0.25) is 0 Å². The molecule has 2 atom stereocenters. The highest BCUT2D eigenvalue weighted by Crippen LogP contribution is 2.32. The smallest absolute Gasteiger partial charge is 0.126 e. The van der Waals surface area contributed by atoms with E-state index in [-0.39, 0.29) is 12.4 Å². The number of nitrogens with one attached hydrogen (secondary N) is 1. The van der Waals surface area contributed by atoms with Gasteiger partial charge >= 0.3 is 0 Å². The van der Waals surface area contributed by atoms with E-state index in [0.717, 1.165) is 24.4 Å². The molecule has 3 nitrogen and oxygen atoms in total. The van der Waals surface area contributed by atoms with Gasteiger partial charge in [0.2, 0.25) is 0 Å². The second-order valence-electron chi connectivity index (χ2n) is 7.15. The van der Waals surface area contributed by atoms with Gasteiger partial charge in [-0.15, -0.1) is 12.4 Å². The minimum atomic E-state index is 0. The Morgan fingerprint density at radius 3 is 2.38 bits per heavy atom. The molecule has 130 valence electrons. The summed E-state index contributed by atoms with van der Waals surface area (Å²) in [5.74, 6) is 0.965. The van der Waals surface area contributed by atoms with E-state index in [4.69, 9.17) is 4.74 Å². The first-order valence-corrected chi connectivity index (χ1v) is 8.75. The fraction of sp³-hybridized carbons (Fsp3) is 0.500. The molecule has 1 N–H and O–H groups in total. The van der Waals surface area contributed by atoms with Gasteiger partial charge < -0.3 is 10.1 Å². The van der Waals surface area contributed by atoms with Gasteiger partial charge in [-0.3, -0.25) is 4.90 Å². The van der Waals surface area contributed by atoms with Crippen LogP contribution in [0.15, 0.2) is 36.4 Å². The molecule has 2 aromatic rings. The largest absolute Gasteiger partial charge is 0.496 e. The Kier molecular flexibility index (Phi) is 5.33. The average molecular weight is 347 g/mol. The quantitative estimate of drug-likeness (QED) is 0.906. The minimum Gasteiger partial charge on any atom is -0.496 e. The van der Waals surface area contributed by atoms with Gasteiger partial charge in [0, 0.05) is 30.1 Å². The maximum Gasteiger partial charge on any atom is 0.126 e. The third-order valence-corrected chi connectivity index (χ3v) is 5.69. The van der Waals surface area contributed by atoms with E-state index in [1.807, 2.05) is 0 Å². The number of rotatable bonds is 4. The van der Waals surface area contributed by atoms with E-state index in [9.17, 15) is 0 Å². The molecule has 2 aromatic carbocycles. The summed E-state index contributed by atoms with van der Waals surface area (Å²) in [6.07, 6.45) is 5.31. The fourth-order valence-electron chi connectivity index (χ4n) is 4.43. The molecule has 2 bridgehead atoms. The summed E-state index contributed by atoms with van der Waals surface area (Å²) >= 11 is 0. The Morgan fingerprint density at radius 2 is 1.71 bits per heavy atom. The summed E-state index contributed by atoms with van der Waals surface area (Å²) in [5.41, 5.74) is 1.40. The van der Waals surface area contributed by atoms with Crippen LogP contribution in [0, 0.1) is 0 Å². The number of hydrogen-bond donors (Lipinski definition) is 1. The molecule has 2 aliphatic rings. The molecule has 0 saturated carbocycles. The summed E-state index contributed by atoms with van der Waals surface area (Å²) in [7, 11) is 4.03. The molecule has 2 aliphatic heterocycles. The molecule has 0 amide bonds. The number of ether oxygens (including phenoxy) is 1. The summed E-state index contributed by atoms with van der Waals surface area (Å²) in [6.45, 7) is 1.01. The van der Waals surface area contributed by atoms with Crippen LogP contribution in [0.25, 0.3) is 10.8 Å². The highest BCUT2D eigenvalue weighted by molar-refractivity contribution is 5.91. The van der Waals surface area contributed by atoms with Crippen molar-refractivity contribution in [1.82, 2.24) is 10.2 Å². The van der Waals surface area contributed by atoms with Crippen molar-refractivity contribution in [3.63, 3.8) is 0 Å².